The number of halogens is 1. The Morgan fingerprint density at radius 1 is 1.30 bits per heavy atom. The predicted molar refractivity (Wildman–Crippen MR) is 135 cm³/mol. The smallest absolute Gasteiger partial charge is 0.444 e. The number of carbonyl (C=O) groups excluding carboxylic acids is 2. The summed E-state index contributed by atoms with van der Waals surface area (Å²) in [4.78, 5) is 29.9. The first-order valence-corrected chi connectivity index (χ1v) is 13.3. The molecule has 0 radical (unpaired) electrons. The number of nitrogens with one attached hydrogen (secondary N) is 1. The SMILES string of the molecule is [C-]#[N+]CC(=O)N1CCC[C@H](OC(=O)N[C@@H](Cc2ccc(F)cc2)B2O[C@@H]3C[C@@H]4C[C@@H](C4(C)C)[C@]3(C)O2)C1. The normalized spacial score (nSPS) is 32.5. The second-order valence-electron chi connectivity index (χ2n) is 11.7. The fourth-order valence-electron chi connectivity index (χ4n) is 6.93. The maximum Gasteiger partial charge on any atom is 0.482 e. The molecule has 2 saturated heterocycles. The van der Waals surface area contributed by atoms with Crippen molar-refractivity contribution in [1.82, 2.24) is 10.2 Å². The summed E-state index contributed by atoms with van der Waals surface area (Å²) in [7, 11) is -0.661. The predicted octanol–water partition coefficient (Wildman–Crippen LogP) is 3.64. The van der Waals surface area contributed by atoms with Crippen LogP contribution in [0.2, 0.25) is 0 Å². The Morgan fingerprint density at radius 3 is 2.76 bits per heavy atom. The fraction of sp³-hybridized carbons (Fsp3) is 0.667. The minimum Gasteiger partial charge on any atom is -0.444 e. The van der Waals surface area contributed by atoms with Gasteiger partial charge in [-0.3, -0.25) is 4.79 Å². The maximum absolute atomic E-state index is 13.5. The number of piperidine rings is 1. The largest absolute Gasteiger partial charge is 0.482 e. The number of hydrogen-bond acceptors (Lipinski definition) is 5. The lowest BCUT2D eigenvalue weighted by Crippen LogP contribution is -2.65. The highest BCUT2D eigenvalue weighted by atomic mass is 19.1. The monoisotopic (exact) mass is 511 g/mol. The van der Waals surface area contributed by atoms with Crippen LogP contribution in [0.25, 0.3) is 4.85 Å². The number of ether oxygens (including phenoxy) is 1. The van der Waals surface area contributed by atoms with E-state index in [4.69, 9.17) is 20.6 Å². The van der Waals surface area contributed by atoms with Gasteiger partial charge in [-0.2, -0.15) is 0 Å². The molecule has 198 valence electrons. The zero-order valence-electron chi connectivity index (χ0n) is 21.7. The average molecular weight is 511 g/mol. The van der Waals surface area contributed by atoms with Crippen LogP contribution in [-0.4, -0.2) is 67.4 Å². The summed E-state index contributed by atoms with van der Waals surface area (Å²) in [6.07, 6.45) is 2.70. The minimum atomic E-state index is -0.661. The van der Waals surface area contributed by atoms with Gasteiger partial charge < -0.3 is 29.1 Å². The van der Waals surface area contributed by atoms with E-state index in [1.54, 1.807) is 17.0 Å². The van der Waals surface area contributed by atoms with Crippen molar-refractivity contribution in [2.45, 2.75) is 76.6 Å². The van der Waals surface area contributed by atoms with Crippen molar-refractivity contribution in [1.29, 1.82) is 0 Å². The second-order valence-corrected chi connectivity index (χ2v) is 11.7. The lowest BCUT2D eigenvalue weighted by atomic mass is 9.43. The molecule has 6 rings (SSSR count). The van der Waals surface area contributed by atoms with E-state index in [9.17, 15) is 14.0 Å². The Bertz CT molecular complexity index is 1080. The van der Waals surface area contributed by atoms with Gasteiger partial charge in [-0.25, -0.2) is 15.8 Å². The van der Waals surface area contributed by atoms with Gasteiger partial charge >= 0.3 is 19.1 Å². The molecule has 2 amide bonds. The molecule has 37 heavy (non-hydrogen) atoms. The van der Waals surface area contributed by atoms with Crippen LogP contribution < -0.4 is 5.32 Å². The number of rotatable bonds is 6. The number of benzene rings is 1. The standard InChI is InChI=1S/C27H35BFN3O5/c1-26(2)18-13-21(26)27(3)22(14-18)36-28(37-27)23(12-17-7-9-19(29)10-8-17)31-25(34)35-20-6-5-11-32(16-20)24(33)15-30-4/h7-10,18,20-23H,5-6,11-16H2,1-3H3,(H,31,34)/t18-,20-,21-,22+,23-,27-/m0/s1. The van der Waals surface area contributed by atoms with Crippen LogP contribution in [0.4, 0.5) is 9.18 Å². The maximum atomic E-state index is 13.5. The Kier molecular flexibility index (Phi) is 6.97. The van der Waals surface area contributed by atoms with Crippen molar-refractivity contribution in [3.05, 3.63) is 47.1 Å². The van der Waals surface area contributed by atoms with Crippen LogP contribution in [-0.2, 0) is 25.3 Å². The average Bonchev–Trinajstić information content (AvgIpc) is 3.22. The number of alkyl carbamates (subject to hydrolysis) is 1. The van der Waals surface area contributed by atoms with E-state index in [1.807, 2.05) is 0 Å². The number of carbonyl (C=O) groups is 2. The van der Waals surface area contributed by atoms with Crippen molar-refractivity contribution < 1.29 is 28.0 Å². The third-order valence-corrected chi connectivity index (χ3v) is 9.19. The van der Waals surface area contributed by atoms with E-state index in [0.717, 1.165) is 18.4 Å². The van der Waals surface area contributed by atoms with Gasteiger partial charge in [-0.05, 0) is 74.0 Å². The highest BCUT2D eigenvalue weighted by Crippen LogP contribution is 2.65. The van der Waals surface area contributed by atoms with Crippen molar-refractivity contribution >= 4 is 19.1 Å². The molecule has 0 spiro atoms. The van der Waals surface area contributed by atoms with Gasteiger partial charge in [0.25, 0.3) is 6.54 Å². The molecule has 8 nitrogen and oxygen atoms in total. The van der Waals surface area contributed by atoms with E-state index in [0.29, 0.717) is 37.6 Å². The van der Waals surface area contributed by atoms with Crippen LogP contribution >= 0.6 is 0 Å². The second kappa shape index (κ2) is 9.92. The van der Waals surface area contributed by atoms with Crippen molar-refractivity contribution in [2.24, 2.45) is 17.3 Å². The van der Waals surface area contributed by atoms with Crippen LogP contribution in [0.1, 0.15) is 52.0 Å². The molecule has 3 saturated carbocycles. The summed E-state index contributed by atoms with van der Waals surface area (Å²) in [5.74, 6) is -0.122. The molecule has 2 bridgehead atoms. The Balaban J connectivity index is 1.28. The summed E-state index contributed by atoms with van der Waals surface area (Å²) in [6.45, 7) is 14.3. The molecular formula is C27H35BFN3O5. The van der Waals surface area contributed by atoms with Crippen molar-refractivity contribution in [3.63, 3.8) is 0 Å². The van der Waals surface area contributed by atoms with Crippen LogP contribution in [0.5, 0.6) is 0 Å². The molecule has 2 aliphatic heterocycles. The minimum absolute atomic E-state index is 0.0387. The van der Waals surface area contributed by atoms with E-state index in [2.05, 4.69) is 30.9 Å². The van der Waals surface area contributed by atoms with Crippen molar-refractivity contribution in [3.8, 4) is 0 Å². The molecule has 5 fully saturated rings. The van der Waals surface area contributed by atoms with E-state index in [1.165, 1.54) is 12.1 Å². The van der Waals surface area contributed by atoms with Crippen LogP contribution in [0, 0.1) is 29.6 Å². The lowest BCUT2D eigenvalue weighted by Gasteiger charge is -2.64. The summed E-state index contributed by atoms with van der Waals surface area (Å²) < 4.78 is 32.3. The third-order valence-electron chi connectivity index (χ3n) is 9.19. The molecule has 1 N–H and O–H groups in total. The highest BCUT2D eigenvalue weighted by Gasteiger charge is 2.68. The lowest BCUT2D eigenvalue weighted by molar-refractivity contribution is -0.199. The number of likely N-dealkylation sites (tertiary alicyclic amines) is 1. The van der Waals surface area contributed by atoms with Gasteiger partial charge in [0, 0.05) is 6.54 Å². The summed E-state index contributed by atoms with van der Waals surface area (Å²) in [5.41, 5.74) is 0.611. The molecule has 5 aliphatic rings. The number of hydrogen-bond donors (Lipinski definition) is 1. The summed E-state index contributed by atoms with van der Waals surface area (Å²) >= 11 is 0. The first kappa shape index (κ1) is 26.0. The molecule has 1 aromatic rings. The van der Waals surface area contributed by atoms with Crippen molar-refractivity contribution in [2.75, 3.05) is 19.6 Å². The zero-order valence-corrected chi connectivity index (χ0v) is 21.7. The molecule has 0 aromatic heterocycles. The van der Waals surface area contributed by atoms with Gasteiger partial charge in [0.15, 0.2) is 0 Å². The Labute approximate surface area is 218 Å². The fourth-order valence-corrected chi connectivity index (χ4v) is 6.93. The van der Waals surface area contributed by atoms with E-state index in [-0.39, 0.29) is 36.3 Å². The van der Waals surface area contributed by atoms with Crippen LogP contribution in [0.15, 0.2) is 24.3 Å². The van der Waals surface area contributed by atoms with Gasteiger partial charge in [0.05, 0.1) is 24.2 Å². The molecule has 3 aliphatic carbocycles. The number of amides is 2. The first-order valence-electron chi connectivity index (χ1n) is 13.3. The third kappa shape index (κ3) is 4.96. The molecule has 2 heterocycles. The quantitative estimate of drug-likeness (QED) is 0.466. The Hall–Kier alpha value is -2.64. The van der Waals surface area contributed by atoms with Crippen LogP contribution in [0.3, 0.4) is 0 Å². The molecule has 1 aromatic carbocycles. The highest BCUT2D eigenvalue weighted by molar-refractivity contribution is 6.47. The summed E-state index contributed by atoms with van der Waals surface area (Å²) in [5, 5.41) is 2.96. The molecule has 0 unspecified atom stereocenters. The molecular weight excluding hydrogens is 476 g/mol. The van der Waals surface area contributed by atoms with E-state index >= 15 is 0 Å². The molecule has 6 atom stereocenters. The van der Waals surface area contributed by atoms with Gasteiger partial charge in [0.1, 0.15) is 11.9 Å². The number of nitrogens with zero attached hydrogens (tertiary/aromatic N) is 2. The first-order chi connectivity index (χ1) is 17.6. The zero-order chi connectivity index (χ0) is 26.4. The van der Waals surface area contributed by atoms with E-state index < -0.39 is 30.9 Å². The summed E-state index contributed by atoms with van der Waals surface area (Å²) in [6, 6.07) is 6.19. The van der Waals surface area contributed by atoms with Gasteiger partial charge in [0.2, 0.25) is 0 Å². The topological polar surface area (TPSA) is 81.5 Å². The Morgan fingerprint density at radius 2 is 2.05 bits per heavy atom. The van der Waals surface area contributed by atoms with Gasteiger partial charge in [-0.1, -0.05) is 26.0 Å². The molecule has 10 heteroatoms. The van der Waals surface area contributed by atoms with Gasteiger partial charge in [-0.15, -0.1) is 0 Å².